The zero-order chi connectivity index (χ0) is 24.4. The van der Waals surface area contributed by atoms with Gasteiger partial charge in [0.2, 0.25) is 11.1 Å². The van der Waals surface area contributed by atoms with Crippen LogP contribution < -0.4 is 14.6 Å². The number of furan rings is 1. The Morgan fingerprint density at radius 3 is 2.69 bits per heavy atom. The molecule has 0 atom stereocenters. The number of rotatable bonds is 9. The smallest absolute Gasteiger partial charge is 0.261 e. The molecular formula is C28H38N4O3+2. The first-order chi connectivity index (χ1) is 17.0. The second-order valence-corrected chi connectivity index (χ2v) is 10.2. The summed E-state index contributed by atoms with van der Waals surface area (Å²) in [6.07, 6.45) is 1.06. The molecule has 1 aliphatic rings. The number of anilines is 1. The molecule has 7 heteroatoms. The van der Waals surface area contributed by atoms with Gasteiger partial charge in [0.15, 0.2) is 0 Å². The number of para-hydroxylation sites is 1. The van der Waals surface area contributed by atoms with E-state index in [4.69, 9.17) is 13.9 Å². The summed E-state index contributed by atoms with van der Waals surface area (Å²) in [6.45, 7) is 7.35. The predicted octanol–water partition coefficient (Wildman–Crippen LogP) is 3.78. The van der Waals surface area contributed by atoms with Crippen LogP contribution in [0, 0.1) is 0 Å². The Bertz CT molecular complexity index is 1320. The van der Waals surface area contributed by atoms with E-state index in [1.807, 2.05) is 12.1 Å². The minimum Gasteiger partial charge on any atom is -0.488 e. The average molecular weight is 479 g/mol. The summed E-state index contributed by atoms with van der Waals surface area (Å²) in [5.74, 6) is 0.883. The van der Waals surface area contributed by atoms with Gasteiger partial charge in [-0.15, -0.1) is 0 Å². The molecule has 0 amide bonds. The monoisotopic (exact) mass is 478 g/mol. The van der Waals surface area contributed by atoms with E-state index in [0.717, 1.165) is 90.3 Å². The van der Waals surface area contributed by atoms with Crippen molar-refractivity contribution in [2.45, 2.75) is 6.42 Å². The number of aryl methyl sites for hydroxylation is 1. The van der Waals surface area contributed by atoms with Gasteiger partial charge in [-0.2, -0.15) is 4.57 Å². The number of hydrogen-bond donors (Lipinski definition) is 1. The van der Waals surface area contributed by atoms with Gasteiger partial charge in [0, 0.05) is 12.6 Å². The number of hydrogen-bond acceptors (Lipinski definition) is 5. The van der Waals surface area contributed by atoms with Crippen molar-refractivity contribution in [1.82, 2.24) is 4.90 Å². The molecule has 4 aromatic rings. The van der Waals surface area contributed by atoms with Crippen LogP contribution in [0.4, 0.5) is 5.69 Å². The van der Waals surface area contributed by atoms with Crippen LogP contribution in [0.1, 0.15) is 6.42 Å². The van der Waals surface area contributed by atoms with Crippen molar-refractivity contribution in [3.63, 3.8) is 0 Å². The van der Waals surface area contributed by atoms with Gasteiger partial charge >= 0.3 is 0 Å². The maximum absolute atomic E-state index is 6.46. The molecule has 1 saturated heterocycles. The van der Waals surface area contributed by atoms with Crippen molar-refractivity contribution in [3.8, 4) is 5.75 Å². The van der Waals surface area contributed by atoms with E-state index in [-0.39, 0.29) is 0 Å². The van der Waals surface area contributed by atoms with Crippen LogP contribution in [0.3, 0.4) is 0 Å². The maximum atomic E-state index is 6.46. The normalized spacial score (nSPS) is 15.9. The van der Waals surface area contributed by atoms with E-state index < -0.39 is 0 Å². The average Bonchev–Trinajstić information content (AvgIpc) is 3.23. The van der Waals surface area contributed by atoms with Crippen molar-refractivity contribution in [3.05, 3.63) is 42.5 Å². The molecule has 35 heavy (non-hydrogen) atoms. The lowest BCUT2D eigenvalue weighted by atomic mass is 10.1. The zero-order valence-electron chi connectivity index (χ0n) is 21.5. The highest BCUT2D eigenvalue weighted by Crippen LogP contribution is 2.37. The lowest BCUT2D eigenvalue weighted by molar-refractivity contribution is -0.916. The molecule has 7 nitrogen and oxygen atoms in total. The third kappa shape index (κ3) is 4.94. The molecule has 1 aliphatic heterocycles. The lowest BCUT2D eigenvalue weighted by Crippen LogP contribution is -2.53. The third-order valence-electron chi connectivity index (χ3n) is 7.27. The van der Waals surface area contributed by atoms with Gasteiger partial charge in [0.05, 0.1) is 36.7 Å². The Morgan fingerprint density at radius 2 is 1.89 bits per heavy atom. The van der Waals surface area contributed by atoms with E-state index in [2.05, 4.69) is 73.3 Å². The Balaban J connectivity index is 1.47. The lowest BCUT2D eigenvalue weighted by Gasteiger charge is -2.37. The largest absolute Gasteiger partial charge is 0.488 e. The number of likely N-dealkylation sites (N-methyl/N-ethyl adjacent to an activating group) is 1. The van der Waals surface area contributed by atoms with Crippen molar-refractivity contribution in [1.29, 1.82) is 0 Å². The maximum Gasteiger partial charge on any atom is 0.261 e. The Morgan fingerprint density at radius 1 is 1.09 bits per heavy atom. The summed E-state index contributed by atoms with van der Waals surface area (Å²) >= 11 is 0. The standard InChI is InChI=1S/C28H37N4O3/c1-30(2)13-7-12-29-26-22-8-5-6-9-24(22)31(3)27-23-20-21(10-11-25(23)35-28(26)27)34-19-16-32(4)14-17-33-18-15-32/h5-6,8-11,20H,7,12-19H2,1-4H3/q+1/p+1. The van der Waals surface area contributed by atoms with Gasteiger partial charge in [-0.05, 0) is 51.3 Å². The number of quaternary nitrogens is 1. The summed E-state index contributed by atoms with van der Waals surface area (Å²) in [7, 11) is 8.62. The van der Waals surface area contributed by atoms with Crippen LogP contribution >= 0.6 is 0 Å². The van der Waals surface area contributed by atoms with E-state index >= 15 is 0 Å². The highest BCUT2D eigenvalue weighted by atomic mass is 16.5. The number of nitrogens with zero attached hydrogens (tertiary/aromatic N) is 3. The van der Waals surface area contributed by atoms with Crippen LogP contribution in [-0.2, 0) is 11.8 Å². The molecule has 1 fully saturated rings. The van der Waals surface area contributed by atoms with E-state index in [9.17, 15) is 0 Å². The molecule has 0 spiro atoms. The predicted molar refractivity (Wildman–Crippen MR) is 141 cm³/mol. The van der Waals surface area contributed by atoms with Crippen LogP contribution in [0.2, 0.25) is 0 Å². The zero-order valence-corrected chi connectivity index (χ0v) is 21.5. The fourth-order valence-electron chi connectivity index (χ4n) is 5.05. The molecule has 0 bridgehead atoms. The molecule has 0 aliphatic carbocycles. The Labute approximate surface area is 207 Å². The number of pyridine rings is 1. The van der Waals surface area contributed by atoms with Crippen LogP contribution in [-0.4, -0.2) is 83.1 Å². The Kier molecular flexibility index (Phi) is 6.82. The highest BCUT2D eigenvalue weighted by molar-refractivity contribution is 6.11. The van der Waals surface area contributed by atoms with Gasteiger partial charge in [-0.25, -0.2) is 0 Å². The molecular weight excluding hydrogens is 440 g/mol. The highest BCUT2D eigenvalue weighted by Gasteiger charge is 2.26. The quantitative estimate of drug-likeness (QED) is 0.225. The SMILES string of the molecule is CN(C)CCCNc1c2ccccc2[n+](C)c2c1oc1ccc(OCC[N+]3(C)CCOCC3)cc12. The fraction of sp³-hybridized carbons (Fsp3) is 0.464. The summed E-state index contributed by atoms with van der Waals surface area (Å²) < 4.78 is 21.5. The molecule has 0 unspecified atom stereocenters. The van der Waals surface area contributed by atoms with Crippen molar-refractivity contribution < 1.29 is 22.9 Å². The summed E-state index contributed by atoms with van der Waals surface area (Å²) in [6, 6.07) is 14.7. The molecule has 0 radical (unpaired) electrons. The van der Waals surface area contributed by atoms with E-state index in [1.54, 1.807) is 0 Å². The number of morpholine rings is 1. The summed E-state index contributed by atoms with van der Waals surface area (Å²) in [5, 5.41) is 5.94. The second kappa shape index (κ2) is 10.0. The van der Waals surface area contributed by atoms with Crippen molar-refractivity contribution in [2.75, 3.05) is 79.0 Å². The molecule has 1 N–H and O–H groups in total. The molecule has 5 rings (SSSR count). The molecule has 0 saturated carbocycles. The van der Waals surface area contributed by atoms with Crippen molar-refractivity contribution >= 4 is 38.7 Å². The minimum atomic E-state index is 0.686. The third-order valence-corrected chi connectivity index (χ3v) is 7.27. The Hall–Kier alpha value is -2.87. The number of benzene rings is 2. The minimum absolute atomic E-state index is 0.686. The van der Waals surface area contributed by atoms with Gasteiger partial charge in [0.1, 0.15) is 44.6 Å². The van der Waals surface area contributed by atoms with Crippen LogP contribution in [0.5, 0.6) is 5.75 Å². The molecule has 2 aromatic carbocycles. The van der Waals surface area contributed by atoms with E-state index in [1.165, 1.54) is 10.9 Å². The summed E-state index contributed by atoms with van der Waals surface area (Å²) in [4.78, 5) is 2.21. The topological polar surface area (TPSA) is 50.8 Å². The first kappa shape index (κ1) is 23.9. The number of fused-ring (bicyclic) bond motifs is 4. The van der Waals surface area contributed by atoms with E-state index in [0.29, 0.717) is 6.61 Å². The number of aromatic nitrogens is 1. The first-order valence-corrected chi connectivity index (χ1v) is 12.6. The van der Waals surface area contributed by atoms with Gasteiger partial charge in [-0.3, -0.25) is 0 Å². The van der Waals surface area contributed by atoms with Gasteiger partial charge in [-0.1, -0.05) is 12.1 Å². The van der Waals surface area contributed by atoms with Crippen LogP contribution in [0.15, 0.2) is 46.9 Å². The number of ether oxygens (including phenoxy) is 2. The molecule has 3 heterocycles. The van der Waals surface area contributed by atoms with Gasteiger partial charge < -0.3 is 28.6 Å². The van der Waals surface area contributed by atoms with Crippen LogP contribution in [0.25, 0.3) is 33.0 Å². The fourth-order valence-corrected chi connectivity index (χ4v) is 5.05. The summed E-state index contributed by atoms with van der Waals surface area (Å²) in [5.41, 5.74) is 5.10. The van der Waals surface area contributed by atoms with Gasteiger partial charge in [0.25, 0.3) is 5.52 Å². The second-order valence-electron chi connectivity index (χ2n) is 10.2. The molecule has 186 valence electrons. The first-order valence-electron chi connectivity index (χ1n) is 12.6. The number of nitrogens with one attached hydrogen (secondary N) is 1. The molecule has 2 aromatic heterocycles. The van der Waals surface area contributed by atoms with Crippen molar-refractivity contribution in [2.24, 2.45) is 7.05 Å².